The average molecular weight is 291 g/mol. The molecule has 0 bridgehead atoms. The van der Waals surface area contributed by atoms with Gasteiger partial charge < -0.3 is 15.5 Å². The van der Waals surface area contributed by atoms with E-state index in [0.717, 1.165) is 0 Å². The van der Waals surface area contributed by atoms with E-state index < -0.39 is 12.0 Å². The van der Waals surface area contributed by atoms with Crippen molar-refractivity contribution >= 4 is 23.2 Å². The minimum absolute atomic E-state index is 0.0649. The maximum atomic E-state index is 11.9. The van der Waals surface area contributed by atoms with Crippen molar-refractivity contribution in [3.63, 3.8) is 0 Å². The molecule has 0 aliphatic carbocycles. The van der Waals surface area contributed by atoms with Crippen molar-refractivity contribution in [2.75, 3.05) is 0 Å². The van der Waals surface area contributed by atoms with Crippen molar-refractivity contribution in [2.45, 2.75) is 12.5 Å². The molecule has 1 aromatic carbocycles. The highest BCUT2D eigenvalue weighted by atomic mass is 32.1. The Balaban J connectivity index is 2.02. The molecule has 0 fully saturated rings. The van der Waals surface area contributed by atoms with Crippen LogP contribution in [0.25, 0.3) is 0 Å². The molecule has 1 heterocycles. The van der Waals surface area contributed by atoms with Gasteiger partial charge in [0, 0.05) is 4.88 Å². The van der Waals surface area contributed by atoms with Crippen molar-refractivity contribution in [2.24, 2.45) is 0 Å². The molecule has 0 saturated carbocycles. The molecule has 0 spiro atoms. The van der Waals surface area contributed by atoms with E-state index in [1.54, 1.807) is 29.6 Å². The normalized spacial score (nSPS) is 11.8. The summed E-state index contributed by atoms with van der Waals surface area (Å²) in [6.07, 6.45) is 0.0649. The van der Waals surface area contributed by atoms with Gasteiger partial charge in [0.05, 0.1) is 6.42 Å². The maximum Gasteiger partial charge on any atom is 0.331 e. The van der Waals surface area contributed by atoms with Crippen LogP contribution in [0.15, 0.2) is 41.8 Å². The van der Waals surface area contributed by atoms with Gasteiger partial charge in [-0.1, -0.05) is 18.2 Å². The second-order valence-electron chi connectivity index (χ2n) is 4.20. The summed E-state index contributed by atoms with van der Waals surface area (Å²) in [6.45, 7) is 0. The molecule has 1 aromatic heterocycles. The van der Waals surface area contributed by atoms with Gasteiger partial charge >= 0.3 is 5.97 Å². The van der Waals surface area contributed by atoms with Crippen LogP contribution in [-0.4, -0.2) is 22.1 Å². The van der Waals surface area contributed by atoms with Gasteiger partial charge in [-0.3, -0.25) is 4.79 Å². The number of thiophene rings is 1. The Morgan fingerprint density at radius 2 is 1.90 bits per heavy atom. The number of carbonyl (C=O) groups excluding carboxylic acids is 1. The van der Waals surface area contributed by atoms with Crippen LogP contribution in [0, 0.1) is 0 Å². The first-order valence-electron chi connectivity index (χ1n) is 5.90. The standard InChI is InChI=1S/C14H13NO4S/c16-10-5-3-9(4-6-10)8-12(17)15-13(14(18)19)11-2-1-7-20-11/h1-7,13,16H,8H2,(H,15,17)(H,18,19). The van der Waals surface area contributed by atoms with Crippen molar-refractivity contribution < 1.29 is 19.8 Å². The Bertz CT molecular complexity index is 592. The zero-order valence-electron chi connectivity index (χ0n) is 10.4. The molecule has 104 valence electrons. The first kappa shape index (κ1) is 14.1. The SMILES string of the molecule is O=C(Cc1ccc(O)cc1)NC(C(=O)O)c1cccs1. The van der Waals surface area contributed by atoms with Crippen molar-refractivity contribution in [1.29, 1.82) is 0 Å². The third-order valence-electron chi connectivity index (χ3n) is 2.68. The van der Waals surface area contributed by atoms with Gasteiger partial charge in [-0.05, 0) is 29.1 Å². The van der Waals surface area contributed by atoms with Gasteiger partial charge in [-0.15, -0.1) is 11.3 Å². The molecule has 5 nitrogen and oxygen atoms in total. The lowest BCUT2D eigenvalue weighted by atomic mass is 10.1. The average Bonchev–Trinajstić information content (AvgIpc) is 2.92. The predicted molar refractivity (Wildman–Crippen MR) is 74.6 cm³/mol. The summed E-state index contributed by atoms with van der Waals surface area (Å²) < 4.78 is 0. The Hall–Kier alpha value is -2.34. The lowest BCUT2D eigenvalue weighted by molar-refractivity contribution is -0.141. The third kappa shape index (κ3) is 3.58. The topological polar surface area (TPSA) is 86.6 Å². The molecule has 0 aliphatic heterocycles. The molecule has 0 saturated heterocycles. The van der Waals surface area contributed by atoms with Gasteiger partial charge in [0.15, 0.2) is 6.04 Å². The van der Waals surface area contributed by atoms with E-state index in [0.29, 0.717) is 10.4 Å². The minimum Gasteiger partial charge on any atom is -0.508 e. The molecule has 1 amide bonds. The fraction of sp³-hybridized carbons (Fsp3) is 0.143. The Morgan fingerprint density at radius 1 is 1.20 bits per heavy atom. The second-order valence-corrected chi connectivity index (χ2v) is 5.18. The first-order chi connectivity index (χ1) is 9.56. The van der Waals surface area contributed by atoms with E-state index in [1.807, 2.05) is 0 Å². The van der Waals surface area contributed by atoms with E-state index >= 15 is 0 Å². The van der Waals surface area contributed by atoms with Gasteiger partial charge in [0.2, 0.25) is 5.91 Å². The summed E-state index contributed by atoms with van der Waals surface area (Å²) in [5.41, 5.74) is 0.704. The molecule has 20 heavy (non-hydrogen) atoms. The molecule has 2 rings (SSSR count). The Labute approximate surface area is 119 Å². The van der Waals surface area contributed by atoms with Crippen molar-refractivity contribution in [3.05, 3.63) is 52.2 Å². The number of rotatable bonds is 5. The number of nitrogens with one attached hydrogen (secondary N) is 1. The number of aliphatic carboxylic acids is 1. The molecule has 3 N–H and O–H groups in total. The highest BCUT2D eigenvalue weighted by Gasteiger charge is 2.22. The summed E-state index contributed by atoms with van der Waals surface area (Å²) >= 11 is 1.28. The number of phenolic OH excluding ortho intramolecular Hbond substituents is 1. The number of carbonyl (C=O) groups is 2. The lowest BCUT2D eigenvalue weighted by Crippen LogP contribution is -2.34. The number of carboxylic acid groups (broad SMARTS) is 1. The van der Waals surface area contributed by atoms with Crippen LogP contribution in [0.5, 0.6) is 5.75 Å². The molecular weight excluding hydrogens is 278 g/mol. The van der Waals surface area contributed by atoms with Gasteiger partial charge in [0.25, 0.3) is 0 Å². The minimum atomic E-state index is -1.09. The lowest BCUT2D eigenvalue weighted by Gasteiger charge is -2.13. The molecule has 0 aliphatic rings. The number of benzene rings is 1. The fourth-order valence-corrected chi connectivity index (χ4v) is 2.49. The number of hydrogen-bond donors (Lipinski definition) is 3. The van der Waals surface area contributed by atoms with Crippen LogP contribution in [-0.2, 0) is 16.0 Å². The van der Waals surface area contributed by atoms with Crippen LogP contribution in [0.1, 0.15) is 16.5 Å². The van der Waals surface area contributed by atoms with Crippen LogP contribution >= 0.6 is 11.3 Å². The summed E-state index contributed by atoms with van der Waals surface area (Å²) in [4.78, 5) is 23.6. The largest absolute Gasteiger partial charge is 0.508 e. The Morgan fingerprint density at radius 3 is 2.45 bits per heavy atom. The summed E-state index contributed by atoms with van der Waals surface area (Å²) in [7, 11) is 0. The number of phenols is 1. The smallest absolute Gasteiger partial charge is 0.331 e. The molecule has 0 radical (unpaired) electrons. The molecule has 2 aromatic rings. The number of amides is 1. The summed E-state index contributed by atoms with van der Waals surface area (Å²) in [5.74, 6) is -1.35. The van der Waals surface area contributed by atoms with E-state index in [1.165, 1.54) is 23.5 Å². The van der Waals surface area contributed by atoms with Gasteiger partial charge in [0.1, 0.15) is 5.75 Å². The van der Waals surface area contributed by atoms with Crippen LogP contribution in [0.3, 0.4) is 0 Å². The third-order valence-corrected chi connectivity index (χ3v) is 3.62. The van der Waals surface area contributed by atoms with E-state index in [4.69, 9.17) is 10.2 Å². The zero-order chi connectivity index (χ0) is 14.5. The van der Waals surface area contributed by atoms with Crippen LogP contribution in [0.4, 0.5) is 0 Å². The second kappa shape index (κ2) is 6.21. The molecule has 6 heteroatoms. The predicted octanol–water partition coefficient (Wildman–Crippen LogP) is 1.94. The molecule has 1 unspecified atom stereocenters. The number of hydrogen-bond acceptors (Lipinski definition) is 4. The molecular formula is C14H13NO4S. The van der Waals surface area contributed by atoms with E-state index in [9.17, 15) is 9.59 Å². The summed E-state index contributed by atoms with van der Waals surface area (Å²) in [6, 6.07) is 8.59. The first-order valence-corrected chi connectivity index (χ1v) is 6.77. The maximum absolute atomic E-state index is 11.9. The number of aromatic hydroxyl groups is 1. The van der Waals surface area contributed by atoms with E-state index in [2.05, 4.69) is 5.32 Å². The molecule has 1 atom stereocenters. The van der Waals surface area contributed by atoms with Crippen LogP contribution in [0.2, 0.25) is 0 Å². The van der Waals surface area contributed by atoms with Gasteiger partial charge in [-0.25, -0.2) is 4.79 Å². The van der Waals surface area contributed by atoms with Crippen molar-refractivity contribution in [3.8, 4) is 5.75 Å². The monoisotopic (exact) mass is 291 g/mol. The Kier molecular flexibility index (Phi) is 4.37. The van der Waals surface area contributed by atoms with Crippen molar-refractivity contribution in [1.82, 2.24) is 5.32 Å². The summed E-state index contributed by atoms with van der Waals surface area (Å²) in [5, 5.41) is 22.6. The van der Waals surface area contributed by atoms with E-state index in [-0.39, 0.29) is 18.1 Å². The van der Waals surface area contributed by atoms with Crippen LogP contribution < -0.4 is 5.32 Å². The van der Waals surface area contributed by atoms with Gasteiger partial charge in [-0.2, -0.15) is 0 Å². The quantitative estimate of drug-likeness (QED) is 0.785. The highest BCUT2D eigenvalue weighted by Crippen LogP contribution is 2.19. The highest BCUT2D eigenvalue weighted by molar-refractivity contribution is 7.10. The number of carboxylic acids is 1. The fourth-order valence-electron chi connectivity index (χ4n) is 1.72. The zero-order valence-corrected chi connectivity index (χ0v) is 11.3.